The molecule has 0 atom stereocenters. The number of guanidine groups is 1. The van der Waals surface area contributed by atoms with Crippen molar-refractivity contribution in [3.63, 3.8) is 0 Å². The number of hydrogen-bond acceptors (Lipinski definition) is 4. The van der Waals surface area contributed by atoms with Gasteiger partial charge in [0.2, 0.25) is 0 Å². The number of aryl methyl sites for hydroxylation is 2. The van der Waals surface area contributed by atoms with Gasteiger partial charge in [-0.05, 0) is 24.8 Å². The van der Waals surface area contributed by atoms with Gasteiger partial charge in [-0.1, -0.05) is 30.3 Å². The average molecular weight is 412 g/mol. The van der Waals surface area contributed by atoms with Crippen LogP contribution in [0.1, 0.15) is 30.7 Å². The smallest absolute Gasteiger partial charge is 0.345 e. The summed E-state index contributed by atoms with van der Waals surface area (Å²) in [4.78, 5) is 21.7. The van der Waals surface area contributed by atoms with Crippen LogP contribution in [0.25, 0.3) is 0 Å². The van der Waals surface area contributed by atoms with Crippen LogP contribution in [0.4, 0.5) is 0 Å². The summed E-state index contributed by atoms with van der Waals surface area (Å²) >= 11 is 0. The van der Waals surface area contributed by atoms with Crippen LogP contribution in [0.2, 0.25) is 0 Å². The second-order valence-corrected chi connectivity index (χ2v) is 8.11. The average Bonchev–Trinajstić information content (AvgIpc) is 3.11. The van der Waals surface area contributed by atoms with E-state index in [9.17, 15) is 4.79 Å². The van der Waals surface area contributed by atoms with E-state index < -0.39 is 0 Å². The monoisotopic (exact) mass is 411 g/mol. The summed E-state index contributed by atoms with van der Waals surface area (Å²) < 4.78 is 3.47. The van der Waals surface area contributed by atoms with Crippen molar-refractivity contribution < 1.29 is 0 Å². The molecule has 30 heavy (non-hydrogen) atoms. The minimum Gasteiger partial charge on any atom is -0.356 e. The molecule has 0 aliphatic carbocycles. The van der Waals surface area contributed by atoms with Crippen LogP contribution in [0, 0.1) is 0 Å². The number of nitrogens with one attached hydrogen (secondary N) is 1. The third-order valence-electron chi connectivity index (χ3n) is 5.99. The minimum absolute atomic E-state index is 0.0450. The molecule has 2 aromatic rings. The molecule has 0 amide bonds. The van der Waals surface area contributed by atoms with E-state index in [1.807, 2.05) is 11.6 Å². The van der Waals surface area contributed by atoms with Gasteiger partial charge < -0.3 is 10.2 Å². The quantitative estimate of drug-likeness (QED) is 0.439. The Kier molecular flexibility index (Phi) is 6.84. The van der Waals surface area contributed by atoms with Gasteiger partial charge in [-0.15, -0.1) is 0 Å². The number of piperazine rings is 1. The molecular formula is C22H33N7O. The van der Waals surface area contributed by atoms with Crippen LogP contribution in [0.5, 0.6) is 0 Å². The Morgan fingerprint density at radius 3 is 2.63 bits per heavy atom. The summed E-state index contributed by atoms with van der Waals surface area (Å²) in [5.74, 6) is 1.90. The lowest BCUT2D eigenvalue weighted by atomic mass is 10.2. The van der Waals surface area contributed by atoms with E-state index in [-0.39, 0.29) is 5.69 Å². The fourth-order valence-electron chi connectivity index (χ4n) is 4.31. The number of aromatic nitrogens is 3. The van der Waals surface area contributed by atoms with Crippen LogP contribution in [0.3, 0.4) is 0 Å². The van der Waals surface area contributed by atoms with Gasteiger partial charge in [0.1, 0.15) is 5.82 Å². The van der Waals surface area contributed by atoms with Crippen LogP contribution in [-0.2, 0) is 26.1 Å². The van der Waals surface area contributed by atoms with Gasteiger partial charge in [0.25, 0.3) is 0 Å². The molecule has 0 unspecified atom stereocenters. The van der Waals surface area contributed by atoms with Crippen molar-refractivity contribution in [1.82, 2.24) is 29.5 Å². The summed E-state index contributed by atoms with van der Waals surface area (Å²) in [6, 6.07) is 10.6. The number of benzene rings is 1. The van der Waals surface area contributed by atoms with Gasteiger partial charge >= 0.3 is 5.69 Å². The van der Waals surface area contributed by atoms with E-state index >= 15 is 0 Å². The van der Waals surface area contributed by atoms with Crippen molar-refractivity contribution in [3.05, 3.63) is 52.2 Å². The highest BCUT2D eigenvalue weighted by atomic mass is 16.2. The standard InChI is InChI=1S/C22H33N7O/c1-23-21(27-16-14-26(15-17-27)18-19-8-3-2-4-9-19)24-11-7-13-29-22(30)28-12-6-5-10-20(28)25-29/h2-4,8-9H,5-7,10-18H2,1H3,(H,23,24). The summed E-state index contributed by atoms with van der Waals surface area (Å²) in [5.41, 5.74) is 1.41. The van der Waals surface area contributed by atoms with Crippen molar-refractivity contribution in [2.45, 2.75) is 45.3 Å². The Hall–Kier alpha value is -2.61. The molecule has 3 heterocycles. The SMILES string of the molecule is CN=C(NCCCn1nc2n(c1=O)CCCC2)N1CCN(Cc2ccccc2)CC1. The molecular weight excluding hydrogens is 378 g/mol. The number of aliphatic imine (C=N–C) groups is 1. The molecule has 8 nitrogen and oxygen atoms in total. The van der Waals surface area contributed by atoms with E-state index in [0.29, 0.717) is 6.54 Å². The van der Waals surface area contributed by atoms with E-state index in [1.165, 1.54) is 5.56 Å². The maximum absolute atomic E-state index is 12.4. The minimum atomic E-state index is 0.0450. The van der Waals surface area contributed by atoms with Gasteiger partial charge in [0.05, 0.1) is 0 Å². The van der Waals surface area contributed by atoms with E-state index in [4.69, 9.17) is 0 Å². The Morgan fingerprint density at radius 1 is 1.10 bits per heavy atom. The normalized spacial score (nSPS) is 17.8. The molecule has 0 bridgehead atoms. The first-order valence-corrected chi connectivity index (χ1v) is 11.1. The molecule has 1 fully saturated rings. The molecule has 1 N–H and O–H groups in total. The van der Waals surface area contributed by atoms with E-state index in [1.54, 1.807) is 4.68 Å². The van der Waals surface area contributed by atoms with Crippen molar-refractivity contribution in [2.24, 2.45) is 4.99 Å². The van der Waals surface area contributed by atoms with Gasteiger partial charge in [-0.2, -0.15) is 5.10 Å². The second-order valence-electron chi connectivity index (χ2n) is 8.11. The second kappa shape index (κ2) is 9.93. The molecule has 2 aliphatic heterocycles. The van der Waals surface area contributed by atoms with Crippen molar-refractivity contribution >= 4 is 5.96 Å². The lowest BCUT2D eigenvalue weighted by Crippen LogP contribution is -2.52. The maximum atomic E-state index is 12.4. The lowest BCUT2D eigenvalue weighted by Gasteiger charge is -2.36. The maximum Gasteiger partial charge on any atom is 0.345 e. The van der Waals surface area contributed by atoms with Crippen LogP contribution in [0.15, 0.2) is 40.1 Å². The predicted molar refractivity (Wildman–Crippen MR) is 119 cm³/mol. The molecule has 2 aliphatic rings. The van der Waals surface area contributed by atoms with Crippen LogP contribution in [-0.4, -0.2) is 69.9 Å². The number of rotatable bonds is 6. The molecule has 0 spiro atoms. The van der Waals surface area contributed by atoms with E-state index in [2.05, 4.69) is 55.5 Å². The Labute approximate surface area is 178 Å². The van der Waals surface area contributed by atoms with Crippen molar-refractivity contribution in [1.29, 1.82) is 0 Å². The summed E-state index contributed by atoms with van der Waals surface area (Å²) in [7, 11) is 1.84. The molecule has 8 heteroatoms. The topological polar surface area (TPSA) is 70.7 Å². The number of fused-ring (bicyclic) bond motifs is 1. The van der Waals surface area contributed by atoms with Crippen LogP contribution < -0.4 is 11.0 Å². The van der Waals surface area contributed by atoms with Gasteiger partial charge in [0, 0.05) is 65.8 Å². The fraction of sp³-hybridized carbons (Fsp3) is 0.591. The van der Waals surface area contributed by atoms with E-state index in [0.717, 1.165) is 83.3 Å². The van der Waals surface area contributed by atoms with Crippen molar-refractivity contribution in [3.8, 4) is 0 Å². The molecule has 1 saturated heterocycles. The third-order valence-corrected chi connectivity index (χ3v) is 5.99. The third kappa shape index (κ3) is 4.92. The number of hydrogen-bond donors (Lipinski definition) is 1. The zero-order chi connectivity index (χ0) is 20.8. The Balaban J connectivity index is 1.20. The molecule has 162 valence electrons. The fourth-order valence-corrected chi connectivity index (χ4v) is 4.31. The first-order valence-electron chi connectivity index (χ1n) is 11.1. The Bertz CT molecular complexity index is 894. The van der Waals surface area contributed by atoms with Gasteiger partial charge in [0.15, 0.2) is 5.96 Å². The highest BCUT2D eigenvalue weighted by Gasteiger charge is 2.20. The van der Waals surface area contributed by atoms with Crippen LogP contribution >= 0.6 is 0 Å². The molecule has 4 rings (SSSR count). The summed E-state index contributed by atoms with van der Waals surface area (Å²) in [6.45, 7) is 7.26. The molecule has 0 saturated carbocycles. The zero-order valence-electron chi connectivity index (χ0n) is 18.0. The summed E-state index contributed by atoms with van der Waals surface area (Å²) in [5, 5.41) is 7.98. The lowest BCUT2D eigenvalue weighted by molar-refractivity contribution is 0.172. The summed E-state index contributed by atoms with van der Waals surface area (Å²) in [6.07, 6.45) is 3.98. The zero-order valence-corrected chi connectivity index (χ0v) is 18.0. The first-order chi connectivity index (χ1) is 14.7. The molecule has 1 aromatic heterocycles. The highest BCUT2D eigenvalue weighted by Crippen LogP contribution is 2.10. The predicted octanol–water partition coefficient (Wildman–Crippen LogP) is 1.16. The highest BCUT2D eigenvalue weighted by molar-refractivity contribution is 5.79. The molecule has 1 aromatic carbocycles. The Morgan fingerprint density at radius 2 is 1.90 bits per heavy atom. The van der Waals surface area contributed by atoms with Gasteiger partial charge in [-0.25, -0.2) is 9.48 Å². The van der Waals surface area contributed by atoms with Crippen molar-refractivity contribution in [2.75, 3.05) is 39.8 Å². The molecule has 0 radical (unpaired) electrons. The number of nitrogens with zero attached hydrogens (tertiary/aromatic N) is 6. The first kappa shape index (κ1) is 20.7. The largest absolute Gasteiger partial charge is 0.356 e. The van der Waals surface area contributed by atoms with Gasteiger partial charge in [-0.3, -0.25) is 14.5 Å².